The summed E-state index contributed by atoms with van der Waals surface area (Å²) >= 11 is 4.99. The highest BCUT2D eigenvalue weighted by Crippen LogP contribution is 2.38. The lowest BCUT2D eigenvalue weighted by Gasteiger charge is -2.16. The van der Waals surface area contributed by atoms with Gasteiger partial charge >= 0.3 is 5.97 Å². The number of carbonyl (C=O) groups is 1. The third-order valence-electron chi connectivity index (χ3n) is 3.97. The molecule has 0 unspecified atom stereocenters. The fourth-order valence-electron chi connectivity index (χ4n) is 2.66. The number of fused-ring (bicyclic) bond motifs is 1. The van der Waals surface area contributed by atoms with Gasteiger partial charge in [0.05, 0.1) is 10.9 Å². The van der Waals surface area contributed by atoms with E-state index in [4.69, 9.17) is 9.84 Å². The van der Waals surface area contributed by atoms with Crippen LogP contribution in [0, 0.1) is 12.7 Å². The summed E-state index contributed by atoms with van der Waals surface area (Å²) in [5, 5.41) is 10.4. The number of nitrogens with zero attached hydrogens (tertiary/aromatic N) is 1. The molecule has 0 spiro atoms. The van der Waals surface area contributed by atoms with Crippen LogP contribution in [0.4, 0.5) is 4.39 Å². The molecule has 0 saturated heterocycles. The third kappa shape index (κ3) is 3.83. The number of ether oxygens (including phenoxy) is 1. The highest BCUT2D eigenvalue weighted by molar-refractivity contribution is 9.10. The zero-order chi connectivity index (χ0) is 18.8. The predicted octanol–water partition coefficient (Wildman–Crippen LogP) is 5.59. The molecule has 1 N–H and O–H groups in total. The molecule has 1 heterocycles. The van der Waals surface area contributed by atoms with E-state index in [0.717, 1.165) is 4.90 Å². The van der Waals surface area contributed by atoms with Gasteiger partial charge in [0.1, 0.15) is 11.6 Å². The van der Waals surface area contributed by atoms with E-state index in [1.807, 2.05) is 12.3 Å². The Kier molecular flexibility index (Phi) is 5.48. The number of benzene rings is 2. The van der Waals surface area contributed by atoms with Gasteiger partial charge in [0.15, 0.2) is 0 Å². The van der Waals surface area contributed by atoms with Gasteiger partial charge in [0.2, 0.25) is 5.88 Å². The molecule has 0 bridgehead atoms. The minimum absolute atomic E-state index is 0.143. The first-order valence-electron chi connectivity index (χ1n) is 7.70. The lowest BCUT2D eigenvalue weighted by atomic mass is 9.98. The molecule has 0 saturated carbocycles. The summed E-state index contributed by atoms with van der Waals surface area (Å²) in [5.74, 6) is -0.589. The first kappa shape index (κ1) is 18.7. The van der Waals surface area contributed by atoms with Crippen molar-refractivity contribution in [2.24, 2.45) is 0 Å². The minimum atomic E-state index is -0.941. The molecule has 1 aromatic heterocycles. The number of aliphatic carboxylic acids is 1. The Bertz CT molecular complexity index is 1010. The van der Waals surface area contributed by atoms with Gasteiger partial charge in [-0.2, -0.15) is 0 Å². The van der Waals surface area contributed by atoms with Crippen molar-refractivity contribution < 1.29 is 19.0 Å². The molecular weight excluding hydrogens is 421 g/mol. The van der Waals surface area contributed by atoms with E-state index in [-0.39, 0.29) is 6.42 Å². The van der Waals surface area contributed by atoms with Crippen LogP contribution in [-0.2, 0) is 11.2 Å². The number of carboxylic acid groups (broad SMARTS) is 1. The molecule has 0 fully saturated rings. The number of thioether (sulfide) groups is 1. The maximum Gasteiger partial charge on any atom is 0.307 e. The van der Waals surface area contributed by atoms with Gasteiger partial charge in [-0.3, -0.25) is 4.79 Å². The molecule has 0 aliphatic carbocycles. The van der Waals surface area contributed by atoms with Crippen LogP contribution in [0.15, 0.2) is 45.9 Å². The summed E-state index contributed by atoms with van der Waals surface area (Å²) in [6.45, 7) is 1.77. The first-order valence-corrected chi connectivity index (χ1v) is 9.71. The Balaban J connectivity index is 2.17. The molecule has 3 aromatic rings. The van der Waals surface area contributed by atoms with Crippen molar-refractivity contribution in [3.8, 4) is 11.6 Å². The van der Waals surface area contributed by atoms with Gasteiger partial charge in [-0.25, -0.2) is 9.37 Å². The quantitative estimate of drug-likeness (QED) is 0.529. The molecule has 0 radical (unpaired) electrons. The second kappa shape index (κ2) is 7.63. The number of hydrogen-bond acceptors (Lipinski definition) is 4. The topological polar surface area (TPSA) is 59.4 Å². The monoisotopic (exact) mass is 435 g/mol. The Labute approximate surface area is 162 Å². The zero-order valence-corrected chi connectivity index (χ0v) is 16.4. The lowest BCUT2D eigenvalue weighted by molar-refractivity contribution is -0.136. The Hall–Kier alpha value is -2.12. The molecular formula is C19H15BrFNO3S. The molecule has 0 aliphatic heterocycles. The Morgan fingerprint density at radius 1 is 1.35 bits per heavy atom. The molecule has 0 amide bonds. The van der Waals surface area contributed by atoms with E-state index < -0.39 is 11.8 Å². The molecule has 3 rings (SSSR count). The minimum Gasteiger partial charge on any atom is -0.481 e. The van der Waals surface area contributed by atoms with E-state index in [1.54, 1.807) is 37.0 Å². The molecule has 26 heavy (non-hydrogen) atoms. The summed E-state index contributed by atoms with van der Waals surface area (Å²) in [5.41, 5.74) is 1.26. The standard InChI is InChI=1S/C19H15BrFNO3S/c1-10-12(6-17(23)24)5-11-3-4-13(21)7-15(11)18(10)25-19-16(20)8-14(26-2)9-22-19/h3-5,7-9H,6H2,1-2H3,(H,23,24). The average Bonchev–Trinajstić information content (AvgIpc) is 2.60. The van der Waals surface area contributed by atoms with Crippen LogP contribution >= 0.6 is 27.7 Å². The van der Waals surface area contributed by atoms with Crippen LogP contribution in [0.5, 0.6) is 11.6 Å². The fourth-order valence-corrected chi connectivity index (χ4v) is 3.64. The van der Waals surface area contributed by atoms with E-state index in [9.17, 15) is 9.18 Å². The van der Waals surface area contributed by atoms with Crippen molar-refractivity contribution >= 4 is 44.4 Å². The maximum atomic E-state index is 13.8. The van der Waals surface area contributed by atoms with Gasteiger partial charge in [-0.05, 0) is 63.8 Å². The average molecular weight is 436 g/mol. The largest absolute Gasteiger partial charge is 0.481 e. The molecule has 0 atom stereocenters. The van der Waals surface area contributed by atoms with Gasteiger partial charge in [-0.1, -0.05) is 12.1 Å². The second-order valence-electron chi connectivity index (χ2n) is 5.69. The van der Waals surface area contributed by atoms with Crippen molar-refractivity contribution in [3.05, 3.63) is 57.9 Å². The molecule has 4 nitrogen and oxygen atoms in total. The first-order chi connectivity index (χ1) is 12.4. The zero-order valence-electron chi connectivity index (χ0n) is 14.0. The van der Waals surface area contributed by atoms with E-state index in [2.05, 4.69) is 20.9 Å². The van der Waals surface area contributed by atoms with E-state index >= 15 is 0 Å². The SMILES string of the molecule is CSc1cnc(Oc2c(C)c(CC(=O)O)cc3ccc(F)cc23)c(Br)c1. The number of aromatic nitrogens is 1. The lowest BCUT2D eigenvalue weighted by Crippen LogP contribution is -2.04. The fraction of sp³-hybridized carbons (Fsp3) is 0.158. The van der Waals surface area contributed by atoms with Gasteiger partial charge in [-0.15, -0.1) is 11.8 Å². The number of pyridine rings is 1. The van der Waals surface area contributed by atoms with Crippen LogP contribution in [0.25, 0.3) is 10.8 Å². The molecule has 7 heteroatoms. The number of carboxylic acids is 1. The number of rotatable bonds is 5. The molecule has 2 aromatic carbocycles. The van der Waals surface area contributed by atoms with Crippen molar-refractivity contribution in [1.29, 1.82) is 0 Å². The maximum absolute atomic E-state index is 13.8. The molecule has 0 aliphatic rings. The van der Waals surface area contributed by atoms with E-state index in [1.165, 1.54) is 12.1 Å². The second-order valence-corrected chi connectivity index (χ2v) is 7.42. The summed E-state index contributed by atoms with van der Waals surface area (Å²) in [7, 11) is 0. The number of halogens is 2. The van der Waals surface area contributed by atoms with Gasteiger partial charge < -0.3 is 9.84 Å². The smallest absolute Gasteiger partial charge is 0.307 e. The predicted molar refractivity (Wildman–Crippen MR) is 104 cm³/mol. The summed E-state index contributed by atoms with van der Waals surface area (Å²) in [6.07, 6.45) is 3.49. The van der Waals surface area contributed by atoms with Crippen LogP contribution in [0.1, 0.15) is 11.1 Å². The van der Waals surface area contributed by atoms with Crippen LogP contribution in [0.3, 0.4) is 0 Å². The highest BCUT2D eigenvalue weighted by atomic mass is 79.9. The Morgan fingerprint density at radius 3 is 2.77 bits per heavy atom. The summed E-state index contributed by atoms with van der Waals surface area (Å²) in [6, 6.07) is 7.97. The van der Waals surface area contributed by atoms with Gasteiger partial charge in [0, 0.05) is 16.5 Å². The summed E-state index contributed by atoms with van der Waals surface area (Å²) in [4.78, 5) is 16.5. The van der Waals surface area contributed by atoms with Crippen LogP contribution in [0.2, 0.25) is 0 Å². The van der Waals surface area contributed by atoms with Crippen molar-refractivity contribution in [1.82, 2.24) is 4.98 Å². The normalized spacial score (nSPS) is 10.9. The number of hydrogen-bond donors (Lipinski definition) is 1. The Morgan fingerprint density at radius 2 is 2.12 bits per heavy atom. The van der Waals surface area contributed by atoms with Crippen molar-refractivity contribution in [2.45, 2.75) is 18.2 Å². The van der Waals surface area contributed by atoms with Gasteiger partial charge in [0.25, 0.3) is 0 Å². The van der Waals surface area contributed by atoms with E-state index in [0.29, 0.717) is 38.0 Å². The van der Waals surface area contributed by atoms with Crippen LogP contribution < -0.4 is 4.74 Å². The van der Waals surface area contributed by atoms with Crippen LogP contribution in [-0.4, -0.2) is 22.3 Å². The highest BCUT2D eigenvalue weighted by Gasteiger charge is 2.17. The van der Waals surface area contributed by atoms with Crippen molar-refractivity contribution in [2.75, 3.05) is 6.26 Å². The summed E-state index contributed by atoms with van der Waals surface area (Å²) < 4.78 is 20.5. The molecule has 134 valence electrons. The van der Waals surface area contributed by atoms with Crippen molar-refractivity contribution in [3.63, 3.8) is 0 Å². The third-order valence-corrected chi connectivity index (χ3v) is 5.23.